The first-order valence-electron chi connectivity index (χ1n) is 8.18. The van der Waals surface area contributed by atoms with Crippen LogP contribution in [0.3, 0.4) is 0 Å². The minimum Gasteiger partial charge on any atom is -0.494 e. The van der Waals surface area contributed by atoms with Crippen LogP contribution >= 0.6 is 15.9 Å². The lowest BCUT2D eigenvalue weighted by atomic mass is 10.0. The number of carbonyl (C=O) groups excluding carboxylic acids is 2. The third kappa shape index (κ3) is 5.29. The van der Waals surface area contributed by atoms with Crippen LogP contribution in [0.4, 0.5) is 0 Å². The Labute approximate surface area is 161 Å². The Morgan fingerprint density at radius 1 is 1.19 bits per heavy atom. The first-order valence-corrected chi connectivity index (χ1v) is 8.97. The third-order valence-electron chi connectivity index (χ3n) is 3.73. The van der Waals surface area contributed by atoms with Gasteiger partial charge < -0.3 is 14.8 Å². The summed E-state index contributed by atoms with van der Waals surface area (Å²) in [4.78, 5) is 28.7. The molecule has 6 nitrogen and oxygen atoms in total. The van der Waals surface area contributed by atoms with E-state index in [1.807, 2.05) is 31.2 Å². The van der Waals surface area contributed by atoms with Gasteiger partial charge in [0, 0.05) is 0 Å². The minimum absolute atomic E-state index is 0.0416. The molecule has 0 aliphatic carbocycles. The molecule has 1 unspecified atom stereocenters. The molecule has 1 amide bonds. The average Bonchev–Trinajstić information content (AvgIpc) is 2.62. The number of carbonyl (C=O) groups is 2. The fourth-order valence-corrected chi connectivity index (χ4v) is 2.86. The van der Waals surface area contributed by atoms with E-state index < -0.39 is 6.04 Å². The van der Waals surface area contributed by atoms with E-state index in [1.54, 1.807) is 19.1 Å². The maximum absolute atomic E-state index is 12.6. The molecule has 1 atom stereocenters. The Morgan fingerprint density at radius 3 is 2.46 bits per heavy atom. The topological polar surface area (TPSA) is 77.5 Å². The number of hydrogen-bond acceptors (Lipinski definition) is 5. The standard InChI is InChI=1S/C19H21BrN2O4/c1-4-26-17(23)11-15(13-7-5-12(2)6-8-13)22-19(24)14-9-10-16(25-3)18(20)21-14/h5-10,15H,4,11H2,1-3H3,(H,22,24). The van der Waals surface area contributed by atoms with Crippen molar-refractivity contribution in [1.29, 1.82) is 0 Å². The van der Waals surface area contributed by atoms with E-state index in [0.717, 1.165) is 11.1 Å². The Kier molecular flexibility index (Phi) is 7.15. The Bertz CT molecular complexity index is 778. The Balaban J connectivity index is 2.21. The number of esters is 1. The molecule has 1 N–H and O–H groups in total. The van der Waals surface area contributed by atoms with Gasteiger partial charge in [0.1, 0.15) is 10.3 Å². The number of ether oxygens (including phenoxy) is 2. The van der Waals surface area contributed by atoms with E-state index in [9.17, 15) is 9.59 Å². The van der Waals surface area contributed by atoms with Gasteiger partial charge in [0.05, 0.1) is 26.2 Å². The molecule has 0 aliphatic heterocycles. The summed E-state index contributed by atoms with van der Waals surface area (Å²) in [5, 5.41) is 2.86. The molecule has 0 aliphatic rings. The largest absolute Gasteiger partial charge is 0.494 e. The Hall–Kier alpha value is -2.41. The van der Waals surface area contributed by atoms with Gasteiger partial charge in [-0.05, 0) is 47.5 Å². The number of aromatic nitrogens is 1. The van der Waals surface area contributed by atoms with Crippen molar-refractivity contribution in [3.05, 3.63) is 57.8 Å². The van der Waals surface area contributed by atoms with Crippen molar-refractivity contribution in [3.8, 4) is 5.75 Å². The van der Waals surface area contributed by atoms with Crippen LogP contribution in [0, 0.1) is 6.92 Å². The second kappa shape index (κ2) is 9.33. The van der Waals surface area contributed by atoms with Gasteiger partial charge in [-0.3, -0.25) is 9.59 Å². The molecule has 0 saturated carbocycles. The summed E-state index contributed by atoms with van der Waals surface area (Å²) in [7, 11) is 1.52. The smallest absolute Gasteiger partial charge is 0.308 e. The highest BCUT2D eigenvalue weighted by Gasteiger charge is 2.21. The van der Waals surface area contributed by atoms with Crippen molar-refractivity contribution >= 4 is 27.8 Å². The van der Waals surface area contributed by atoms with Crippen molar-refractivity contribution in [1.82, 2.24) is 10.3 Å². The molecule has 2 rings (SSSR count). The second-order valence-corrected chi connectivity index (χ2v) is 6.39. The molecule has 1 heterocycles. The predicted molar refractivity (Wildman–Crippen MR) is 101 cm³/mol. The van der Waals surface area contributed by atoms with E-state index in [0.29, 0.717) is 17.0 Å². The molecule has 1 aromatic heterocycles. The molecule has 0 saturated heterocycles. The van der Waals surface area contributed by atoms with E-state index >= 15 is 0 Å². The molecule has 7 heteroatoms. The van der Waals surface area contributed by atoms with Gasteiger partial charge in [0.15, 0.2) is 5.75 Å². The van der Waals surface area contributed by atoms with Gasteiger partial charge >= 0.3 is 5.97 Å². The maximum atomic E-state index is 12.6. The number of methoxy groups -OCH3 is 1. The quantitative estimate of drug-likeness (QED) is 0.546. The van der Waals surface area contributed by atoms with Gasteiger partial charge in [0.2, 0.25) is 0 Å². The van der Waals surface area contributed by atoms with Crippen LogP contribution in [0.2, 0.25) is 0 Å². The highest BCUT2D eigenvalue weighted by molar-refractivity contribution is 9.10. The average molecular weight is 421 g/mol. The van der Waals surface area contributed by atoms with Crippen LogP contribution in [0.15, 0.2) is 41.0 Å². The molecule has 2 aromatic rings. The number of rotatable bonds is 7. The lowest BCUT2D eigenvalue weighted by molar-refractivity contribution is -0.143. The summed E-state index contributed by atoms with van der Waals surface area (Å²) in [6.45, 7) is 4.01. The van der Waals surface area contributed by atoms with Gasteiger partial charge in [-0.2, -0.15) is 0 Å². The summed E-state index contributed by atoms with van der Waals surface area (Å²) in [6, 6.07) is 10.3. The van der Waals surface area contributed by atoms with E-state index in [2.05, 4.69) is 26.2 Å². The number of pyridine rings is 1. The molecule has 26 heavy (non-hydrogen) atoms. The normalized spacial score (nSPS) is 11.5. The van der Waals surface area contributed by atoms with Crippen LogP contribution in [-0.2, 0) is 9.53 Å². The first-order chi connectivity index (χ1) is 12.4. The molecule has 0 radical (unpaired) electrons. The molecular formula is C19H21BrN2O4. The first kappa shape index (κ1) is 19.9. The molecule has 0 fully saturated rings. The van der Waals surface area contributed by atoms with Gasteiger partial charge in [-0.1, -0.05) is 29.8 Å². The van der Waals surface area contributed by atoms with Gasteiger partial charge in [0.25, 0.3) is 5.91 Å². The van der Waals surface area contributed by atoms with Crippen molar-refractivity contribution < 1.29 is 19.1 Å². The van der Waals surface area contributed by atoms with Gasteiger partial charge in [-0.25, -0.2) is 4.98 Å². The molecule has 1 aromatic carbocycles. The van der Waals surface area contributed by atoms with Crippen LogP contribution < -0.4 is 10.1 Å². The lowest BCUT2D eigenvalue weighted by Crippen LogP contribution is -2.31. The van der Waals surface area contributed by atoms with Gasteiger partial charge in [-0.15, -0.1) is 0 Å². The summed E-state index contributed by atoms with van der Waals surface area (Å²) >= 11 is 3.27. The van der Waals surface area contributed by atoms with Crippen LogP contribution in [-0.4, -0.2) is 30.6 Å². The number of nitrogens with zero attached hydrogens (tertiary/aromatic N) is 1. The third-order valence-corrected chi connectivity index (χ3v) is 4.30. The number of benzene rings is 1. The van der Waals surface area contributed by atoms with Crippen LogP contribution in [0.1, 0.15) is 41.0 Å². The van der Waals surface area contributed by atoms with Crippen molar-refractivity contribution in [2.45, 2.75) is 26.3 Å². The van der Waals surface area contributed by atoms with E-state index in [-0.39, 0.29) is 24.0 Å². The highest BCUT2D eigenvalue weighted by Crippen LogP contribution is 2.23. The van der Waals surface area contributed by atoms with Crippen LogP contribution in [0.5, 0.6) is 5.75 Å². The zero-order chi connectivity index (χ0) is 19.1. The number of hydrogen-bond donors (Lipinski definition) is 1. The highest BCUT2D eigenvalue weighted by atomic mass is 79.9. The van der Waals surface area contributed by atoms with E-state index in [4.69, 9.17) is 9.47 Å². The SMILES string of the molecule is CCOC(=O)CC(NC(=O)c1ccc(OC)c(Br)n1)c1ccc(C)cc1. The predicted octanol–water partition coefficient (Wildman–Crippen LogP) is 3.59. The molecular weight excluding hydrogens is 400 g/mol. The summed E-state index contributed by atoms with van der Waals surface area (Å²) in [5.41, 5.74) is 2.14. The maximum Gasteiger partial charge on any atom is 0.308 e. The fourth-order valence-electron chi connectivity index (χ4n) is 2.37. The molecule has 138 valence electrons. The zero-order valence-corrected chi connectivity index (χ0v) is 16.5. The zero-order valence-electron chi connectivity index (χ0n) is 14.9. The minimum atomic E-state index is -0.509. The number of aryl methyl sites for hydroxylation is 1. The molecule has 0 bridgehead atoms. The number of nitrogens with one attached hydrogen (secondary N) is 1. The van der Waals surface area contributed by atoms with Crippen molar-refractivity contribution in [3.63, 3.8) is 0 Å². The summed E-state index contributed by atoms with van der Waals surface area (Å²) < 4.78 is 10.6. The summed E-state index contributed by atoms with van der Waals surface area (Å²) in [6.07, 6.45) is 0.0416. The van der Waals surface area contributed by atoms with E-state index in [1.165, 1.54) is 7.11 Å². The summed E-state index contributed by atoms with van der Waals surface area (Å²) in [5.74, 6) is -0.228. The van der Waals surface area contributed by atoms with Crippen molar-refractivity contribution in [2.24, 2.45) is 0 Å². The van der Waals surface area contributed by atoms with Crippen molar-refractivity contribution in [2.75, 3.05) is 13.7 Å². The lowest BCUT2D eigenvalue weighted by Gasteiger charge is -2.19. The fraction of sp³-hybridized carbons (Fsp3) is 0.316. The van der Waals surface area contributed by atoms with Crippen LogP contribution in [0.25, 0.3) is 0 Å². The Morgan fingerprint density at radius 2 is 1.88 bits per heavy atom. The second-order valence-electron chi connectivity index (χ2n) is 5.64. The number of amides is 1. The monoisotopic (exact) mass is 420 g/mol. The number of halogens is 1. The molecule has 0 spiro atoms.